The number of hydrogen-bond acceptors (Lipinski definition) is 4. The molecule has 0 bridgehead atoms. The molecule has 0 N–H and O–H groups in total. The zero-order chi connectivity index (χ0) is 19.3. The summed E-state index contributed by atoms with van der Waals surface area (Å²) in [4.78, 5) is 0. The van der Waals surface area contributed by atoms with E-state index in [1.54, 1.807) is 24.3 Å². The van der Waals surface area contributed by atoms with Gasteiger partial charge in [0.05, 0.1) is 11.5 Å². The van der Waals surface area contributed by atoms with E-state index in [-0.39, 0.29) is 17.7 Å². The highest BCUT2D eigenvalue weighted by molar-refractivity contribution is 7.67. The molecule has 1 heterocycles. The van der Waals surface area contributed by atoms with Gasteiger partial charge in [-0.05, 0) is 34.0 Å². The fraction of sp³-hybridized carbons (Fsp3) is 0.0435. The molecule has 28 heavy (non-hydrogen) atoms. The van der Waals surface area contributed by atoms with E-state index in [1.165, 1.54) is 18.2 Å². The maximum Gasteiger partial charge on any atom is 0.282 e. The van der Waals surface area contributed by atoms with Crippen LogP contribution >= 0.6 is 7.37 Å². The second-order valence-electron chi connectivity index (χ2n) is 6.87. The number of para-hydroxylation sites is 1. The van der Waals surface area contributed by atoms with E-state index in [1.807, 2.05) is 36.4 Å². The molecule has 0 aliphatic carbocycles. The summed E-state index contributed by atoms with van der Waals surface area (Å²) in [6.07, 6.45) is 0.00620. The third-order valence-corrected chi connectivity index (χ3v) is 7.47. The highest BCUT2D eigenvalue weighted by Crippen LogP contribution is 2.57. The van der Waals surface area contributed by atoms with Crippen molar-refractivity contribution in [2.75, 3.05) is 0 Å². The molecule has 0 fully saturated rings. The lowest BCUT2D eigenvalue weighted by molar-refractivity contribution is -0.268. The Kier molecular flexibility index (Phi) is 3.71. The predicted octanol–water partition coefficient (Wildman–Crippen LogP) is 4.15. The van der Waals surface area contributed by atoms with Crippen LogP contribution in [0.3, 0.4) is 0 Å². The molecule has 4 aromatic carbocycles. The van der Waals surface area contributed by atoms with Gasteiger partial charge in [0.15, 0.2) is 0 Å². The van der Waals surface area contributed by atoms with Gasteiger partial charge in [-0.15, -0.1) is 5.75 Å². The molecule has 4 aromatic rings. The molecule has 1 atom stereocenters. The molecule has 0 spiro atoms. The molecule has 4 nitrogen and oxygen atoms in total. The third-order valence-electron chi connectivity index (χ3n) is 5.10. The minimum atomic E-state index is -3.33. The van der Waals surface area contributed by atoms with Crippen molar-refractivity contribution in [1.82, 2.24) is 0 Å². The highest BCUT2D eigenvalue weighted by Gasteiger charge is 2.36. The first-order chi connectivity index (χ1) is 13.5. The summed E-state index contributed by atoms with van der Waals surface area (Å²) >= 11 is 0. The van der Waals surface area contributed by atoms with Gasteiger partial charge in [-0.3, -0.25) is 4.57 Å². The quantitative estimate of drug-likeness (QED) is 0.485. The Labute approximate surface area is 162 Å². The van der Waals surface area contributed by atoms with Crippen molar-refractivity contribution >= 4 is 23.4 Å². The first-order valence-electron chi connectivity index (χ1n) is 8.92. The van der Waals surface area contributed by atoms with Crippen molar-refractivity contribution < 1.29 is 19.3 Å². The van der Waals surface area contributed by atoms with Crippen LogP contribution in [0.2, 0.25) is 0 Å². The molecule has 1 aliphatic heterocycles. The van der Waals surface area contributed by atoms with Gasteiger partial charge in [0.25, 0.3) is 7.37 Å². The van der Waals surface area contributed by atoms with Crippen molar-refractivity contribution in [2.24, 2.45) is 0 Å². The average Bonchev–Trinajstić information content (AvgIpc) is 2.70. The first-order valence-corrected chi connectivity index (χ1v) is 10.7. The maximum absolute atomic E-state index is 13.9. The summed E-state index contributed by atoms with van der Waals surface area (Å²) in [6, 6.07) is 22.7. The second kappa shape index (κ2) is 6.15. The molecule has 5 rings (SSSR count). The van der Waals surface area contributed by atoms with Crippen LogP contribution in [0.25, 0.3) is 21.9 Å². The van der Waals surface area contributed by atoms with E-state index < -0.39 is 7.37 Å². The van der Waals surface area contributed by atoms with E-state index in [4.69, 9.17) is 4.52 Å². The molecule has 1 unspecified atom stereocenters. The number of fused-ring (bicyclic) bond motifs is 4. The number of benzene rings is 4. The van der Waals surface area contributed by atoms with Crippen LogP contribution in [0.15, 0.2) is 78.9 Å². The normalized spacial score (nSPS) is 17.6. The zero-order valence-electron chi connectivity index (χ0n) is 14.8. The van der Waals surface area contributed by atoms with Crippen LogP contribution in [0.5, 0.6) is 17.2 Å². The predicted molar refractivity (Wildman–Crippen MR) is 106 cm³/mol. The van der Waals surface area contributed by atoms with Crippen molar-refractivity contribution in [3.05, 3.63) is 84.4 Å². The SMILES string of the molecule is O=P1(Cc2ccc3cc([O-])ccc3c2[O-])Oc2ccccc2-c2ccccc21. The van der Waals surface area contributed by atoms with E-state index in [0.717, 1.165) is 11.1 Å². The molecule has 0 radical (unpaired) electrons. The minimum absolute atomic E-state index is 0.00620. The molecule has 0 amide bonds. The Bertz CT molecular complexity index is 1280. The molecular formula is C23H15O4P-2. The van der Waals surface area contributed by atoms with Crippen LogP contribution in [-0.4, -0.2) is 0 Å². The van der Waals surface area contributed by atoms with Crippen molar-refractivity contribution in [3.63, 3.8) is 0 Å². The Balaban J connectivity index is 1.64. The van der Waals surface area contributed by atoms with Gasteiger partial charge in [0.1, 0.15) is 5.75 Å². The topological polar surface area (TPSA) is 72.4 Å². The lowest BCUT2D eigenvalue weighted by Crippen LogP contribution is -2.19. The molecule has 0 saturated carbocycles. The minimum Gasteiger partial charge on any atom is -0.872 e. The van der Waals surface area contributed by atoms with Crippen LogP contribution in [-0.2, 0) is 10.7 Å². The lowest BCUT2D eigenvalue weighted by Gasteiger charge is -2.30. The molecular weight excluding hydrogens is 371 g/mol. The van der Waals surface area contributed by atoms with Crippen LogP contribution in [0, 0.1) is 0 Å². The first kappa shape index (κ1) is 16.9. The average molecular weight is 386 g/mol. The Morgan fingerprint density at radius 3 is 2.43 bits per heavy atom. The summed E-state index contributed by atoms with van der Waals surface area (Å²) in [5.41, 5.74) is 2.19. The fourth-order valence-corrected chi connectivity index (χ4v) is 6.15. The monoisotopic (exact) mass is 386 g/mol. The van der Waals surface area contributed by atoms with E-state index >= 15 is 0 Å². The highest BCUT2D eigenvalue weighted by atomic mass is 31.2. The second-order valence-corrected chi connectivity index (χ2v) is 9.20. The van der Waals surface area contributed by atoms with Gasteiger partial charge in [0, 0.05) is 5.56 Å². The zero-order valence-corrected chi connectivity index (χ0v) is 15.7. The van der Waals surface area contributed by atoms with Crippen LogP contribution < -0.4 is 20.0 Å². The lowest BCUT2D eigenvalue weighted by atomic mass is 10.0. The summed E-state index contributed by atoms with van der Waals surface area (Å²) in [7, 11) is -3.33. The van der Waals surface area contributed by atoms with Gasteiger partial charge in [-0.1, -0.05) is 72.5 Å². The largest absolute Gasteiger partial charge is 0.872 e. The van der Waals surface area contributed by atoms with Crippen LogP contribution in [0.1, 0.15) is 5.56 Å². The smallest absolute Gasteiger partial charge is 0.282 e. The van der Waals surface area contributed by atoms with Gasteiger partial charge < -0.3 is 14.7 Å². The summed E-state index contributed by atoms with van der Waals surface area (Å²) < 4.78 is 19.9. The Hall–Kier alpha value is -3.23. The molecule has 0 aromatic heterocycles. The van der Waals surface area contributed by atoms with E-state index in [9.17, 15) is 14.8 Å². The van der Waals surface area contributed by atoms with Gasteiger partial charge >= 0.3 is 0 Å². The standard InChI is InChI=1S/C23H17O4P/c24-17-11-12-18-15(13-17)9-10-16(23(18)25)14-28(26)22-8-4-2-6-20(22)19-5-1-3-7-21(19)27-28/h1-13,24-25H,14H2/p-2. The fourth-order valence-electron chi connectivity index (χ4n) is 3.77. The van der Waals surface area contributed by atoms with Gasteiger partial charge in [-0.2, -0.15) is 0 Å². The molecule has 1 aliphatic rings. The van der Waals surface area contributed by atoms with Crippen molar-refractivity contribution in [3.8, 4) is 28.4 Å². The summed E-state index contributed by atoms with van der Waals surface area (Å²) in [5.74, 6) is 0.204. The molecule has 0 saturated heterocycles. The van der Waals surface area contributed by atoms with E-state index in [2.05, 4.69) is 0 Å². The maximum atomic E-state index is 13.9. The Morgan fingerprint density at radius 1 is 0.821 bits per heavy atom. The molecule has 138 valence electrons. The summed E-state index contributed by atoms with van der Waals surface area (Å²) in [5, 5.41) is 26.1. The van der Waals surface area contributed by atoms with Gasteiger partial charge in [0.2, 0.25) is 0 Å². The van der Waals surface area contributed by atoms with Gasteiger partial charge in [-0.25, -0.2) is 0 Å². The Morgan fingerprint density at radius 2 is 1.57 bits per heavy atom. The van der Waals surface area contributed by atoms with Crippen molar-refractivity contribution in [1.29, 1.82) is 0 Å². The third kappa shape index (κ3) is 2.57. The number of rotatable bonds is 2. The van der Waals surface area contributed by atoms with Crippen LogP contribution in [0.4, 0.5) is 0 Å². The number of hydrogen-bond donors (Lipinski definition) is 0. The van der Waals surface area contributed by atoms with Crippen molar-refractivity contribution in [2.45, 2.75) is 6.16 Å². The molecule has 5 heteroatoms. The van der Waals surface area contributed by atoms with E-state index in [0.29, 0.717) is 27.4 Å². The summed E-state index contributed by atoms with van der Waals surface area (Å²) in [6.45, 7) is 0.